The van der Waals surface area contributed by atoms with Crippen LogP contribution in [0.4, 0.5) is 5.69 Å². The third-order valence-corrected chi connectivity index (χ3v) is 7.69. The first-order valence-corrected chi connectivity index (χ1v) is 13.5. The highest BCUT2D eigenvalue weighted by Gasteiger charge is 2.40. The molecule has 1 aliphatic heterocycles. The van der Waals surface area contributed by atoms with Crippen molar-refractivity contribution in [1.82, 2.24) is 9.47 Å². The topological polar surface area (TPSA) is 45.6 Å². The molecule has 5 rings (SSSR count). The van der Waals surface area contributed by atoms with E-state index in [1.54, 1.807) is 12.1 Å². The average Bonchev–Trinajstić information content (AvgIpc) is 3.17. The fraction of sp³-hybridized carbons (Fsp3) is 0.167. The van der Waals surface area contributed by atoms with Crippen molar-refractivity contribution in [2.75, 3.05) is 11.4 Å². The summed E-state index contributed by atoms with van der Waals surface area (Å²) in [4.78, 5) is 30.4. The second-order valence-corrected chi connectivity index (χ2v) is 10.3. The van der Waals surface area contributed by atoms with Gasteiger partial charge in [0.2, 0.25) is 0 Å². The molecular formula is C30H25Cl2N3O2S. The summed E-state index contributed by atoms with van der Waals surface area (Å²) in [6.07, 6.45) is 2.42. The summed E-state index contributed by atoms with van der Waals surface area (Å²) in [7, 11) is 0. The third kappa shape index (κ3) is 4.64. The molecule has 3 aromatic carbocycles. The van der Waals surface area contributed by atoms with Gasteiger partial charge in [-0.2, -0.15) is 0 Å². The van der Waals surface area contributed by atoms with Gasteiger partial charge in [0.05, 0.1) is 5.69 Å². The van der Waals surface area contributed by atoms with Gasteiger partial charge in [-0.25, -0.2) is 0 Å². The van der Waals surface area contributed by atoms with Crippen LogP contribution < -0.4 is 4.90 Å². The van der Waals surface area contributed by atoms with Crippen LogP contribution in [0.5, 0.6) is 0 Å². The molecule has 1 aromatic heterocycles. The maximum absolute atomic E-state index is 13.8. The van der Waals surface area contributed by atoms with Crippen LogP contribution in [0, 0.1) is 6.92 Å². The van der Waals surface area contributed by atoms with E-state index in [1.165, 1.54) is 9.80 Å². The van der Waals surface area contributed by atoms with Crippen LogP contribution in [0.3, 0.4) is 0 Å². The van der Waals surface area contributed by atoms with Crippen LogP contribution in [0.1, 0.15) is 30.2 Å². The highest BCUT2D eigenvalue weighted by Crippen LogP contribution is 2.33. The first kappa shape index (κ1) is 26.2. The minimum atomic E-state index is -0.435. The van der Waals surface area contributed by atoms with Crippen molar-refractivity contribution < 1.29 is 9.59 Å². The molecule has 0 atom stereocenters. The Labute approximate surface area is 236 Å². The lowest BCUT2D eigenvalue weighted by Gasteiger charge is -2.36. The second kappa shape index (κ2) is 10.7. The quantitative estimate of drug-likeness (QED) is 0.141. The zero-order valence-electron chi connectivity index (χ0n) is 20.9. The molecule has 0 spiro atoms. The fourth-order valence-electron chi connectivity index (χ4n) is 4.81. The number of carbonyl (C=O) groups is 2. The van der Waals surface area contributed by atoms with Gasteiger partial charge >= 0.3 is 0 Å². The lowest BCUT2D eigenvalue weighted by molar-refractivity contribution is -0.127. The van der Waals surface area contributed by atoms with Gasteiger partial charge in [0, 0.05) is 45.3 Å². The maximum Gasteiger partial charge on any atom is 0.270 e. The van der Waals surface area contributed by atoms with Gasteiger partial charge in [-0.05, 0) is 67.5 Å². The van der Waals surface area contributed by atoms with Crippen LogP contribution in [-0.4, -0.2) is 32.9 Å². The molecule has 0 radical (unpaired) electrons. The number of para-hydroxylation sites is 2. The zero-order chi connectivity index (χ0) is 27.0. The number of nitrogens with zero attached hydrogens (tertiary/aromatic N) is 3. The second-order valence-electron chi connectivity index (χ2n) is 9.11. The monoisotopic (exact) mass is 561 g/mol. The van der Waals surface area contributed by atoms with Gasteiger partial charge in [-0.1, -0.05) is 72.6 Å². The number of anilines is 1. The Kier molecular flexibility index (Phi) is 7.39. The summed E-state index contributed by atoms with van der Waals surface area (Å²) in [5.74, 6) is -0.818. The van der Waals surface area contributed by atoms with Crippen molar-refractivity contribution >= 4 is 75.0 Å². The molecule has 2 amide bonds. The number of fused-ring (bicyclic) bond motifs is 1. The average molecular weight is 563 g/mol. The van der Waals surface area contributed by atoms with Crippen molar-refractivity contribution in [2.45, 2.75) is 26.8 Å². The van der Waals surface area contributed by atoms with E-state index in [1.807, 2.05) is 80.6 Å². The van der Waals surface area contributed by atoms with E-state index in [-0.39, 0.29) is 16.6 Å². The highest BCUT2D eigenvalue weighted by atomic mass is 35.5. The van der Waals surface area contributed by atoms with Crippen LogP contribution in [0.2, 0.25) is 10.0 Å². The summed E-state index contributed by atoms with van der Waals surface area (Å²) >= 11 is 18.2. The molecule has 38 heavy (non-hydrogen) atoms. The fourth-order valence-corrected chi connectivity index (χ4v) is 5.64. The summed E-state index contributed by atoms with van der Waals surface area (Å²) < 4.78 is 2.14. The minimum Gasteiger partial charge on any atom is -0.340 e. The first-order valence-electron chi connectivity index (χ1n) is 12.3. The number of rotatable bonds is 6. The van der Waals surface area contributed by atoms with E-state index < -0.39 is 5.91 Å². The predicted octanol–water partition coefficient (Wildman–Crippen LogP) is 7.26. The molecule has 1 aliphatic rings. The van der Waals surface area contributed by atoms with Crippen LogP contribution in [0.15, 0.2) is 78.4 Å². The summed E-state index contributed by atoms with van der Waals surface area (Å²) in [5, 5.41) is 2.28. The van der Waals surface area contributed by atoms with Crippen molar-refractivity contribution in [3.8, 4) is 0 Å². The number of aromatic nitrogens is 1. The molecule has 4 aromatic rings. The van der Waals surface area contributed by atoms with Crippen LogP contribution in [-0.2, 0) is 16.1 Å². The highest BCUT2D eigenvalue weighted by molar-refractivity contribution is 7.80. The number of carbonyl (C=O) groups excluding carboxylic acids is 2. The Morgan fingerprint density at radius 3 is 2.34 bits per heavy atom. The van der Waals surface area contributed by atoms with Crippen molar-refractivity contribution in [3.63, 3.8) is 0 Å². The maximum atomic E-state index is 13.8. The molecule has 0 unspecified atom stereocenters. The van der Waals surface area contributed by atoms with E-state index >= 15 is 0 Å². The van der Waals surface area contributed by atoms with Crippen molar-refractivity contribution in [1.29, 1.82) is 0 Å². The molecule has 8 heteroatoms. The number of amides is 2. The van der Waals surface area contributed by atoms with Gasteiger partial charge in [0.15, 0.2) is 5.11 Å². The molecule has 5 nitrogen and oxygen atoms in total. The van der Waals surface area contributed by atoms with E-state index in [9.17, 15) is 9.59 Å². The van der Waals surface area contributed by atoms with Crippen molar-refractivity contribution in [2.24, 2.45) is 0 Å². The molecule has 0 bridgehead atoms. The molecule has 1 saturated heterocycles. The predicted molar refractivity (Wildman–Crippen MR) is 159 cm³/mol. The molecular weight excluding hydrogens is 537 g/mol. The molecule has 1 fully saturated rings. The Hall–Kier alpha value is -3.45. The Morgan fingerprint density at radius 1 is 0.921 bits per heavy atom. The largest absolute Gasteiger partial charge is 0.340 e. The number of halogens is 2. The van der Waals surface area contributed by atoms with E-state index in [4.69, 9.17) is 35.4 Å². The zero-order valence-corrected chi connectivity index (χ0v) is 23.3. The van der Waals surface area contributed by atoms with Crippen LogP contribution in [0.25, 0.3) is 17.0 Å². The lowest BCUT2D eigenvalue weighted by atomic mass is 10.0. The van der Waals surface area contributed by atoms with E-state index in [0.717, 1.165) is 27.7 Å². The van der Waals surface area contributed by atoms with E-state index in [2.05, 4.69) is 4.57 Å². The smallest absolute Gasteiger partial charge is 0.270 e. The first-order chi connectivity index (χ1) is 18.3. The molecule has 0 aliphatic carbocycles. The molecule has 0 N–H and O–H groups in total. The number of benzene rings is 3. The third-order valence-electron chi connectivity index (χ3n) is 6.70. The Morgan fingerprint density at radius 2 is 1.63 bits per heavy atom. The number of thiocarbonyl (C=S) groups is 1. The molecule has 192 valence electrons. The number of hydrogen-bond acceptors (Lipinski definition) is 3. The lowest BCUT2D eigenvalue weighted by Crippen LogP contribution is -2.56. The molecule has 0 saturated carbocycles. The van der Waals surface area contributed by atoms with E-state index in [0.29, 0.717) is 35.2 Å². The summed E-state index contributed by atoms with van der Waals surface area (Å²) in [6, 6.07) is 22.6. The van der Waals surface area contributed by atoms with Gasteiger partial charge in [-0.3, -0.25) is 19.4 Å². The summed E-state index contributed by atoms with van der Waals surface area (Å²) in [5.41, 5.74) is 4.30. The van der Waals surface area contributed by atoms with Gasteiger partial charge in [0.1, 0.15) is 5.57 Å². The summed E-state index contributed by atoms with van der Waals surface area (Å²) in [6.45, 7) is 4.89. The van der Waals surface area contributed by atoms with Crippen molar-refractivity contribution in [3.05, 3.63) is 105 Å². The number of hydrogen-bond donors (Lipinski definition) is 0. The Bertz CT molecular complexity index is 1610. The van der Waals surface area contributed by atoms with Gasteiger partial charge in [-0.15, -0.1) is 0 Å². The minimum absolute atomic E-state index is 0.0754. The van der Waals surface area contributed by atoms with Crippen LogP contribution >= 0.6 is 35.4 Å². The Balaban J connectivity index is 1.66. The normalized spacial score (nSPS) is 15.3. The van der Waals surface area contributed by atoms with Gasteiger partial charge < -0.3 is 4.57 Å². The molecule has 2 heterocycles. The van der Waals surface area contributed by atoms with Gasteiger partial charge in [0.25, 0.3) is 11.8 Å². The standard InChI is InChI=1S/C30H25Cl2N3O2S/c1-3-15-33-28(36)25(29(37)35(30(33)38)22-9-5-4-6-10-22)17-24-19(2)34(27-12-8-7-11-23(24)27)18-20-13-14-21(31)16-26(20)32/h4-14,16-17H,3,15,18H2,1-2H3. The SMILES string of the molecule is CCCN1C(=O)C(=Cc2c(C)n(Cc3ccc(Cl)cc3Cl)c3ccccc23)C(=O)N(c2ccccc2)C1=S.